The molecular formula is C10H6IN3O. The molecule has 0 fully saturated rings. The van der Waals surface area contributed by atoms with E-state index in [4.69, 9.17) is 4.42 Å². The summed E-state index contributed by atoms with van der Waals surface area (Å²) in [4.78, 5) is 8.49. The van der Waals surface area contributed by atoms with Crippen LogP contribution in [0, 0.1) is 3.77 Å². The Morgan fingerprint density at radius 2 is 2.27 bits per heavy atom. The highest BCUT2D eigenvalue weighted by molar-refractivity contribution is 14.1. The van der Waals surface area contributed by atoms with E-state index in [9.17, 15) is 0 Å². The maximum absolute atomic E-state index is 5.48. The number of hydrogen-bond acceptors (Lipinski definition) is 3. The SMILES string of the molecule is Ic1ccc(-c2cn3cccnc3n2)o1. The molecule has 0 aliphatic carbocycles. The van der Waals surface area contributed by atoms with Gasteiger partial charge in [0.2, 0.25) is 5.78 Å². The number of halogens is 1. The summed E-state index contributed by atoms with van der Waals surface area (Å²) < 4.78 is 8.20. The minimum absolute atomic E-state index is 0.680. The third kappa shape index (κ3) is 1.52. The normalized spacial score (nSPS) is 11.0. The van der Waals surface area contributed by atoms with Crippen molar-refractivity contribution in [1.29, 1.82) is 0 Å². The van der Waals surface area contributed by atoms with Crippen LogP contribution in [0.1, 0.15) is 0 Å². The Kier molecular flexibility index (Phi) is 1.98. The van der Waals surface area contributed by atoms with Gasteiger partial charge in [-0.05, 0) is 40.8 Å². The summed E-state index contributed by atoms with van der Waals surface area (Å²) in [6.45, 7) is 0. The first-order valence-electron chi connectivity index (χ1n) is 4.38. The molecule has 0 spiro atoms. The number of nitrogens with zero attached hydrogens (tertiary/aromatic N) is 3. The van der Waals surface area contributed by atoms with Crippen molar-refractivity contribution >= 4 is 28.4 Å². The lowest BCUT2D eigenvalue weighted by Crippen LogP contribution is -1.82. The van der Waals surface area contributed by atoms with Gasteiger partial charge in [0.25, 0.3) is 0 Å². The van der Waals surface area contributed by atoms with Gasteiger partial charge in [-0.3, -0.25) is 4.40 Å². The fraction of sp³-hybridized carbons (Fsp3) is 0. The number of hydrogen-bond donors (Lipinski definition) is 0. The van der Waals surface area contributed by atoms with Gasteiger partial charge >= 0.3 is 0 Å². The van der Waals surface area contributed by atoms with Crippen LogP contribution in [-0.2, 0) is 0 Å². The van der Waals surface area contributed by atoms with Crippen LogP contribution in [0.3, 0.4) is 0 Å². The van der Waals surface area contributed by atoms with Gasteiger partial charge < -0.3 is 4.42 Å². The van der Waals surface area contributed by atoms with E-state index < -0.39 is 0 Å². The average Bonchev–Trinajstić information content (AvgIpc) is 2.82. The van der Waals surface area contributed by atoms with Gasteiger partial charge in [-0.15, -0.1) is 0 Å². The van der Waals surface area contributed by atoms with Crippen molar-refractivity contribution in [3.63, 3.8) is 0 Å². The van der Waals surface area contributed by atoms with Crippen molar-refractivity contribution in [2.75, 3.05) is 0 Å². The first-order chi connectivity index (χ1) is 7.33. The van der Waals surface area contributed by atoms with Crippen LogP contribution in [-0.4, -0.2) is 14.4 Å². The summed E-state index contributed by atoms with van der Waals surface area (Å²) in [5, 5.41) is 0. The van der Waals surface area contributed by atoms with Gasteiger partial charge in [-0.1, -0.05) is 0 Å². The molecule has 0 unspecified atom stereocenters. The van der Waals surface area contributed by atoms with E-state index >= 15 is 0 Å². The van der Waals surface area contributed by atoms with Gasteiger partial charge in [-0.25, -0.2) is 9.97 Å². The zero-order chi connectivity index (χ0) is 10.3. The van der Waals surface area contributed by atoms with Crippen LogP contribution in [0.15, 0.2) is 41.2 Å². The van der Waals surface area contributed by atoms with Crippen molar-refractivity contribution in [2.24, 2.45) is 0 Å². The summed E-state index contributed by atoms with van der Waals surface area (Å²) in [5.41, 5.74) is 0.802. The second-order valence-electron chi connectivity index (χ2n) is 3.06. The Labute approximate surface area is 99.1 Å². The topological polar surface area (TPSA) is 43.3 Å². The van der Waals surface area contributed by atoms with Crippen LogP contribution < -0.4 is 0 Å². The predicted octanol–water partition coefficient (Wildman–Crippen LogP) is 2.59. The van der Waals surface area contributed by atoms with Crippen molar-refractivity contribution in [3.05, 3.63) is 40.6 Å². The molecule has 0 aliphatic rings. The molecule has 15 heavy (non-hydrogen) atoms. The zero-order valence-corrected chi connectivity index (χ0v) is 9.75. The standard InChI is InChI=1S/C10H6IN3O/c11-9-3-2-8(15-9)7-6-14-5-1-4-12-10(14)13-7/h1-6H. The second kappa shape index (κ2) is 3.34. The Morgan fingerprint density at radius 1 is 1.33 bits per heavy atom. The van der Waals surface area contributed by atoms with Crippen molar-refractivity contribution in [1.82, 2.24) is 14.4 Å². The molecule has 74 valence electrons. The smallest absolute Gasteiger partial charge is 0.234 e. The first kappa shape index (κ1) is 8.90. The quantitative estimate of drug-likeness (QED) is 0.649. The molecule has 4 nitrogen and oxygen atoms in total. The second-order valence-corrected chi connectivity index (χ2v) is 4.12. The fourth-order valence-corrected chi connectivity index (χ4v) is 1.82. The van der Waals surface area contributed by atoms with Crippen LogP contribution in [0.2, 0.25) is 0 Å². The van der Waals surface area contributed by atoms with Crippen molar-refractivity contribution in [2.45, 2.75) is 0 Å². The third-order valence-electron chi connectivity index (χ3n) is 2.06. The summed E-state index contributed by atoms with van der Waals surface area (Å²) >= 11 is 2.13. The number of imidazole rings is 1. The van der Waals surface area contributed by atoms with E-state index in [1.54, 1.807) is 6.20 Å². The summed E-state index contributed by atoms with van der Waals surface area (Å²) in [7, 11) is 0. The molecule has 3 rings (SSSR count). The van der Waals surface area contributed by atoms with Crippen molar-refractivity contribution in [3.8, 4) is 11.5 Å². The highest BCUT2D eigenvalue weighted by Gasteiger charge is 2.07. The molecule has 0 aliphatic heterocycles. The van der Waals surface area contributed by atoms with Crippen LogP contribution in [0.25, 0.3) is 17.2 Å². The van der Waals surface area contributed by atoms with Gasteiger partial charge in [0.15, 0.2) is 9.53 Å². The molecule has 0 saturated carbocycles. The molecule has 3 aromatic heterocycles. The number of fused-ring (bicyclic) bond motifs is 1. The number of furan rings is 1. The molecule has 0 N–H and O–H groups in total. The van der Waals surface area contributed by atoms with E-state index in [2.05, 4.69) is 32.6 Å². The van der Waals surface area contributed by atoms with Crippen LogP contribution >= 0.6 is 22.6 Å². The minimum atomic E-state index is 0.680. The Bertz CT molecular complexity index is 581. The van der Waals surface area contributed by atoms with Gasteiger partial charge in [0.05, 0.1) is 0 Å². The summed E-state index contributed by atoms with van der Waals surface area (Å²) in [6, 6.07) is 5.68. The molecule has 0 aromatic carbocycles. The van der Waals surface area contributed by atoms with Crippen LogP contribution in [0.4, 0.5) is 0 Å². The molecule has 0 saturated heterocycles. The molecule has 0 amide bonds. The van der Waals surface area contributed by atoms with Crippen LogP contribution in [0.5, 0.6) is 0 Å². The van der Waals surface area contributed by atoms with Gasteiger partial charge in [-0.2, -0.15) is 0 Å². The average molecular weight is 311 g/mol. The molecule has 0 bridgehead atoms. The third-order valence-corrected chi connectivity index (χ3v) is 2.64. The van der Waals surface area contributed by atoms with Crippen molar-refractivity contribution < 1.29 is 4.42 Å². The van der Waals surface area contributed by atoms with E-state index in [0.29, 0.717) is 5.78 Å². The molecule has 0 atom stereocenters. The maximum atomic E-state index is 5.48. The lowest BCUT2D eigenvalue weighted by atomic mass is 10.4. The largest absolute Gasteiger partial charge is 0.449 e. The lowest BCUT2D eigenvalue weighted by Gasteiger charge is -1.86. The molecule has 3 heterocycles. The van der Waals surface area contributed by atoms with E-state index in [-0.39, 0.29) is 0 Å². The highest BCUT2D eigenvalue weighted by atomic mass is 127. The Balaban J connectivity index is 2.19. The Morgan fingerprint density at radius 3 is 3.00 bits per heavy atom. The van der Waals surface area contributed by atoms with Gasteiger partial charge in [0, 0.05) is 18.6 Å². The van der Waals surface area contributed by atoms with E-state index in [0.717, 1.165) is 15.2 Å². The van der Waals surface area contributed by atoms with Gasteiger partial charge in [0.1, 0.15) is 5.69 Å². The molecule has 5 heteroatoms. The Hall–Kier alpha value is -1.37. The van der Waals surface area contributed by atoms with E-state index in [1.807, 2.05) is 35.0 Å². The minimum Gasteiger partial charge on any atom is -0.449 e. The maximum Gasteiger partial charge on any atom is 0.234 e. The zero-order valence-electron chi connectivity index (χ0n) is 7.59. The summed E-state index contributed by atoms with van der Waals surface area (Å²) in [5.74, 6) is 1.45. The van der Waals surface area contributed by atoms with E-state index in [1.165, 1.54) is 0 Å². The molecular weight excluding hydrogens is 305 g/mol. The molecule has 0 radical (unpaired) electrons. The number of rotatable bonds is 1. The lowest BCUT2D eigenvalue weighted by molar-refractivity contribution is 0.551. The highest BCUT2D eigenvalue weighted by Crippen LogP contribution is 2.21. The first-order valence-corrected chi connectivity index (χ1v) is 5.46. The number of aromatic nitrogens is 3. The fourth-order valence-electron chi connectivity index (χ4n) is 1.40. The monoisotopic (exact) mass is 311 g/mol. The summed E-state index contributed by atoms with van der Waals surface area (Å²) in [6.07, 6.45) is 5.53. The molecule has 3 aromatic rings. The predicted molar refractivity (Wildman–Crippen MR) is 63.4 cm³/mol.